The number of carbonyl (C=O) groups excluding carboxylic acids is 1. The Balaban J connectivity index is 1.09. The zero-order valence-electron chi connectivity index (χ0n) is 24.3. The van der Waals surface area contributed by atoms with Crippen molar-refractivity contribution in [1.82, 2.24) is 4.90 Å². The Morgan fingerprint density at radius 3 is 1.78 bits per heavy atom. The fourth-order valence-corrected chi connectivity index (χ4v) is 6.16. The fourth-order valence-electron chi connectivity index (χ4n) is 4.85. The Hall–Kier alpha value is -2.76. The van der Waals surface area contributed by atoms with Crippen LogP contribution in [0.3, 0.4) is 0 Å². The van der Waals surface area contributed by atoms with Crippen molar-refractivity contribution in [2.24, 2.45) is 0 Å². The molecule has 0 saturated carbocycles. The predicted octanol–water partition coefficient (Wildman–Crippen LogP) is 8.43. The van der Waals surface area contributed by atoms with Crippen molar-refractivity contribution in [2.75, 3.05) is 13.1 Å². The summed E-state index contributed by atoms with van der Waals surface area (Å²) >= 11 is 0. The largest absolute Gasteiger partial charge is 0.475 e. The molecule has 3 aromatic carbocycles. The van der Waals surface area contributed by atoms with Gasteiger partial charge in [-0.1, -0.05) is 123 Å². The number of amides is 1. The molecule has 0 aromatic heterocycles. The highest BCUT2D eigenvalue weighted by Crippen LogP contribution is 2.53. The van der Waals surface area contributed by atoms with Gasteiger partial charge in [0.2, 0.25) is 5.91 Å². The lowest BCUT2D eigenvalue weighted by atomic mass is 10.0. The third kappa shape index (κ3) is 11.2. The Labute approximate surface area is 245 Å². The maximum Gasteiger partial charge on any atom is 0.475 e. The van der Waals surface area contributed by atoms with E-state index in [0.29, 0.717) is 19.5 Å². The topological polar surface area (TPSA) is 65.1 Å². The Morgan fingerprint density at radius 2 is 1.22 bits per heavy atom. The number of nitrogens with zero attached hydrogens (tertiary/aromatic N) is 1. The molecule has 1 amide bonds. The molecule has 3 aromatic rings. The Morgan fingerprint density at radius 1 is 0.707 bits per heavy atom. The molecule has 0 bridgehead atoms. The number of phosphoric acid groups is 1. The van der Waals surface area contributed by atoms with Gasteiger partial charge in [-0.2, -0.15) is 0 Å². The van der Waals surface area contributed by atoms with Gasteiger partial charge in [0.1, 0.15) is 6.10 Å². The number of phosphoric ester groups is 1. The molecule has 6 nitrogen and oxygen atoms in total. The highest BCUT2D eigenvalue weighted by molar-refractivity contribution is 7.48. The van der Waals surface area contributed by atoms with Crippen molar-refractivity contribution in [3.63, 3.8) is 0 Å². The summed E-state index contributed by atoms with van der Waals surface area (Å²) in [4.78, 5) is 14.4. The number of hydrogen-bond acceptors (Lipinski definition) is 5. The zero-order chi connectivity index (χ0) is 28.8. The molecule has 0 radical (unpaired) electrons. The molecule has 0 unspecified atom stereocenters. The molecule has 1 saturated heterocycles. The maximum absolute atomic E-state index is 13.5. The van der Waals surface area contributed by atoms with Gasteiger partial charge in [0.25, 0.3) is 0 Å². The Bertz CT molecular complexity index is 1170. The van der Waals surface area contributed by atoms with E-state index in [2.05, 4.69) is 31.2 Å². The summed E-state index contributed by atoms with van der Waals surface area (Å²) in [6.07, 6.45) is 9.47. The van der Waals surface area contributed by atoms with Gasteiger partial charge >= 0.3 is 7.82 Å². The summed E-state index contributed by atoms with van der Waals surface area (Å²) < 4.78 is 30.7. The first kappa shape index (κ1) is 31.2. The van der Waals surface area contributed by atoms with Crippen LogP contribution in [0.1, 0.15) is 73.6 Å². The highest BCUT2D eigenvalue weighted by Gasteiger charge is 2.39. The normalized spacial score (nSPS) is 13.7. The summed E-state index contributed by atoms with van der Waals surface area (Å²) in [7, 11) is -3.83. The van der Waals surface area contributed by atoms with Crippen LogP contribution in [-0.2, 0) is 42.6 Å². The van der Waals surface area contributed by atoms with E-state index >= 15 is 0 Å². The molecular formula is C34H44NO5P. The quantitative estimate of drug-likeness (QED) is 0.112. The van der Waals surface area contributed by atoms with Crippen molar-refractivity contribution < 1.29 is 22.9 Å². The van der Waals surface area contributed by atoms with E-state index in [9.17, 15) is 9.36 Å². The third-order valence-corrected chi connectivity index (χ3v) is 8.87. The number of rotatable bonds is 18. The maximum atomic E-state index is 13.5. The van der Waals surface area contributed by atoms with Crippen LogP contribution < -0.4 is 0 Å². The second-order valence-electron chi connectivity index (χ2n) is 11.0. The molecule has 41 heavy (non-hydrogen) atoms. The number of carbonyl (C=O) groups is 1. The molecule has 0 atom stereocenters. The summed E-state index contributed by atoms with van der Waals surface area (Å²) in [5.41, 5.74) is 4.50. The minimum atomic E-state index is -3.83. The molecular weight excluding hydrogens is 533 g/mol. The van der Waals surface area contributed by atoms with E-state index in [0.717, 1.165) is 30.4 Å². The zero-order valence-corrected chi connectivity index (χ0v) is 25.2. The number of likely N-dealkylation sites (tertiary alicyclic amines) is 1. The first-order valence-corrected chi connectivity index (χ1v) is 16.4. The van der Waals surface area contributed by atoms with E-state index in [1.807, 2.05) is 60.7 Å². The summed E-state index contributed by atoms with van der Waals surface area (Å²) in [5, 5.41) is 0. The van der Waals surface area contributed by atoms with Gasteiger partial charge < -0.3 is 4.90 Å². The fraction of sp³-hybridized carbons (Fsp3) is 0.441. The van der Waals surface area contributed by atoms with Crippen LogP contribution in [0.2, 0.25) is 0 Å². The number of hydrogen-bond donors (Lipinski definition) is 0. The van der Waals surface area contributed by atoms with Crippen molar-refractivity contribution in [1.29, 1.82) is 0 Å². The minimum Gasteiger partial charge on any atom is -0.337 e. The van der Waals surface area contributed by atoms with E-state index < -0.39 is 7.82 Å². The van der Waals surface area contributed by atoms with E-state index in [4.69, 9.17) is 13.6 Å². The molecule has 7 heteroatoms. The molecule has 1 aliphatic rings. The van der Waals surface area contributed by atoms with Crippen LogP contribution in [0.25, 0.3) is 0 Å². The van der Waals surface area contributed by atoms with E-state index in [1.54, 1.807) is 4.90 Å². The van der Waals surface area contributed by atoms with Crippen LogP contribution in [0.4, 0.5) is 0 Å². The van der Waals surface area contributed by atoms with Crippen LogP contribution in [0, 0.1) is 6.92 Å². The average Bonchev–Trinajstić information content (AvgIpc) is 2.98. The average molecular weight is 578 g/mol. The van der Waals surface area contributed by atoms with Crippen molar-refractivity contribution in [3.8, 4) is 0 Å². The van der Waals surface area contributed by atoms with Gasteiger partial charge in [0.15, 0.2) is 0 Å². The highest BCUT2D eigenvalue weighted by atomic mass is 31.2. The van der Waals surface area contributed by atoms with Gasteiger partial charge in [-0.25, -0.2) is 4.57 Å². The van der Waals surface area contributed by atoms with E-state index in [-0.39, 0.29) is 25.2 Å². The first-order valence-electron chi connectivity index (χ1n) is 15.0. The van der Waals surface area contributed by atoms with Crippen molar-refractivity contribution >= 4 is 13.7 Å². The van der Waals surface area contributed by atoms with Gasteiger partial charge in [0.05, 0.1) is 13.2 Å². The molecule has 1 fully saturated rings. The SMILES string of the molecule is Cc1ccc(CCCCCCCCCC(=O)N2CC(OP(=O)(OCc3ccccc3)OCc3ccccc3)C2)cc1. The third-order valence-electron chi connectivity index (χ3n) is 7.42. The lowest BCUT2D eigenvalue weighted by molar-refractivity contribution is -0.141. The van der Waals surface area contributed by atoms with Crippen LogP contribution in [0.5, 0.6) is 0 Å². The number of aryl methyl sites for hydroxylation is 2. The summed E-state index contributed by atoms with van der Waals surface area (Å²) in [6.45, 7) is 3.18. The molecule has 0 N–H and O–H groups in total. The second-order valence-corrected chi connectivity index (χ2v) is 12.6. The Kier molecular flexibility index (Phi) is 12.6. The van der Waals surface area contributed by atoms with Gasteiger partial charge in [0, 0.05) is 19.5 Å². The molecule has 0 aliphatic carbocycles. The molecule has 1 heterocycles. The van der Waals surface area contributed by atoms with Gasteiger partial charge in [-0.15, -0.1) is 0 Å². The monoisotopic (exact) mass is 577 g/mol. The molecule has 1 aliphatic heterocycles. The molecule has 220 valence electrons. The van der Waals surface area contributed by atoms with Gasteiger partial charge in [-0.05, 0) is 42.9 Å². The van der Waals surface area contributed by atoms with Crippen LogP contribution in [0.15, 0.2) is 84.9 Å². The van der Waals surface area contributed by atoms with Crippen LogP contribution in [-0.4, -0.2) is 30.0 Å². The lowest BCUT2D eigenvalue weighted by Gasteiger charge is -2.39. The van der Waals surface area contributed by atoms with E-state index in [1.165, 1.54) is 43.2 Å². The summed E-state index contributed by atoms with van der Waals surface area (Å²) in [6, 6.07) is 27.9. The smallest absolute Gasteiger partial charge is 0.337 e. The second kappa shape index (κ2) is 16.6. The minimum absolute atomic E-state index is 0.120. The van der Waals surface area contributed by atoms with Gasteiger partial charge in [-0.3, -0.25) is 18.4 Å². The predicted molar refractivity (Wildman–Crippen MR) is 163 cm³/mol. The lowest BCUT2D eigenvalue weighted by Crippen LogP contribution is -2.54. The van der Waals surface area contributed by atoms with Crippen molar-refractivity contribution in [2.45, 2.75) is 84.0 Å². The van der Waals surface area contributed by atoms with Crippen LogP contribution >= 0.6 is 7.82 Å². The summed E-state index contributed by atoms with van der Waals surface area (Å²) in [5.74, 6) is 0.133. The standard InChI is InChI=1S/C34H44NO5P/c1-29-21-23-30(24-22-29)15-9-5-3-2-4-6-14-20-34(36)35-25-33(26-35)40-41(37,38-27-31-16-10-7-11-17-31)39-28-32-18-12-8-13-19-32/h7-8,10-13,16-19,21-24,33H,2-6,9,14-15,20,25-28H2,1H3. The number of unbranched alkanes of at least 4 members (excludes halogenated alkanes) is 6. The molecule has 0 spiro atoms. The number of benzene rings is 3. The molecule has 4 rings (SSSR count). The first-order chi connectivity index (χ1) is 20.0. The van der Waals surface area contributed by atoms with Crippen molar-refractivity contribution in [3.05, 3.63) is 107 Å².